The number of hydrogen-bond acceptors (Lipinski definition) is 9. The van der Waals surface area contributed by atoms with Crippen molar-refractivity contribution in [3.63, 3.8) is 0 Å². The van der Waals surface area contributed by atoms with Crippen molar-refractivity contribution in [1.29, 1.82) is 0 Å². The molecule has 4 aromatic heterocycles. The maximum Gasteiger partial charge on any atom is 0.227 e. The molecule has 8 nitrogen and oxygen atoms in total. The second-order valence-electron chi connectivity index (χ2n) is 8.31. The third-order valence-electron chi connectivity index (χ3n) is 5.70. The smallest absolute Gasteiger partial charge is 0.227 e. The molecule has 0 spiro atoms. The molecule has 0 aliphatic rings. The monoisotopic (exact) mass is 503 g/mol. The molecule has 6 rings (SSSR count). The van der Waals surface area contributed by atoms with Crippen LogP contribution in [0.15, 0.2) is 90.6 Å². The molecule has 0 unspecified atom stereocenters. The second-order valence-corrected chi connectivity index (χ2v) is 9.17. The lowest BCUT2D eigenvalue weighted by Crippen LogP contribution is -1.99. The van der Waals surface area contributed by atoms with Crippen LogP contribution in [-0.4, -0.2) is 25.1 Å². The maximum atomic E-state index is 6.11. The summed E-state index contributed by atoms with van der Waals surface area (Å²) < 4.78 is 6.11. The molecule has 6 aromatic rings. The molecule has 0 aliphatic carbocycles. The predicted octanol–water partition coefficient (Wildman–Crippen LogP) is 6.64. The number of aromatic nitrogens is 5. The Kier molecular flexibility index (Phi) is 5.88. The van der Waals surface area contributed by atoms with Gasteiger partial charge >= 0.3 is 0 Å². The summed E-state index contributed by atoms with van der Waals surface area (Å²) in [6.45, 7) is 1.97. The molecule has 0 fully saturated rings. The van der Waals surface area contributed by atoms with Crippen LogP contribution in [0.3, 0.4) is 0 Å². The molecule has 9 heteroatoms. The Labute approximate surface area is 216 Å². The molecule has 2 aromatic carbocycles. The minimum absolute atomic E-state index is 0.438. The second kappa shape index (κ2) is 9.63. The Hall–Kier alpha value is -4.89. The SMILES string of the molecule is Cc1csc(-c2nnc(Nc3ccc(Oc4ncccc4-c4ccnc(N)c4)cc3)c3ccccc23)n1. The maximum absolute atomic E-state index is 6.11. The highest BCUT2D eigenvalue weighted by atomic mass is 32.1. The average Bonchev–Trinajstić information content (AvgIpc) is 3.36. The van der Waals surface area contributed by atoms with E-state index in [4.69, 9.17) is 10.5 Å². The van der Waals surface area contributed by atoms with Crippen LogP contribution in [0.25, 0.3) is 32.6 Å². The van der Waals surface area contributed by atoms with Gasteiger partial charge in [0.1, 0.15) is 22.3 Å². The Bertz CT molecular complexity index is 1720. The number of ether oxygens (including phenoxy) is 1. The highest BCUT2D eigenvalue weighted by Gasteiger charge is 2.14. The normalized spacial score (nSPS) is 10.9. The molecule has 0 aliphatic heterocycles. The first-order chi connectivity index (χ1) is 18.1. The first-order valence-corrected chi connectivity index (χ1v) is 12.4. The van der Waals surface area contributed by atoms with Gasteiger partial charge in [-0.05, 0) is 61.0 Å². The van der Waals surface area contributed by atoms with E-state index in [0.29, 0.717) is 23.3 Å². The van der Waals surface area contributed by atoms with Crippen LogP contribution in [0.1, 0.15) is 5.69 Å². The number of nitrogens with one attached hydrogen (secondary N) is 1. The summed E-state index contributed by atoms with van der Waals surface area (Å²) in [4.78, 5) is 13.1. The lowest BCUT2D eigenvalue weighted by atomic mass is 10.1. The molecule has 0 saturated carbocycles. The number of fused-ring (bicyclic) bond motifs is 1. The molecule has 180 valence electrons. The van der Waals surface area contributed by atoms with Gasteiger partial charge in [0.2, 0.25) is 5.88 Å². The molecular formula is C28H21N7OS. The van der Waals surface area contributed by atoms with Crippen LogP contribution in [0.5, 0.6) is 11.6 Å². The first-order valence-electron chi connectivity index (χ1n) is 11.5. The molecule has 4 heterocycles. The van der Waals surface area contributed by atoms with Crippen LogP contribution in [-0.2, 0) is 0 Å². The summed E-state index contributed by atoms with van der Waals surface area (Å²) in [5.41, 5.74) is 10.2. The number of aryl methyl sites for hydroxylation is 1. The molecule has 0 saturated heterocycles. The third-order valence-corrected chi connectivity index (χ3v) is 6.67. The number of nitrogens with two attached hydrogens (primary N) is 1. The van der Waals surface area contributed by atoms with Crippen LogP contribution >= 0.6 is 11.3 Å². The fourth-order valence-corrected chi connectivity index (χ4v) is 4.77. The zero-order chi connectivity index (χ0) is 25.2. The van der Waals surface area contributed by atoms with Crippen molar-refractivity contribution in [1.82, 2.24) is 25.1 Å². The van der Waals surface area contributed by atoms with Crippen molar-refractivity contribution >= 4 is 39.4 Å². The van der Waals surface area contributed by atoms with Gasteiger partial charge < -0.3 is 15.8 Å². The van der Waals surface area contributed by atoms with Gasteiger partial charge in [-0.1, -0.05) is 24.3 Å². The van der Waals surface area contributed by atoms with Crippen molar-refractivity contribution in [2.45, 2.75) is 6.92 Å². The Morgan fingerprint density at radius 1 is 0.865 bits per heavy atom. The molecule has 37 heavy (non-hydrogen) atoms. The minimum Gasteiger partial charge on any atom is -0.438 e. The van der Waals surface area contributed by atoms with E-state index in [0.717, 1.165) is 44.0 Å². The van der Waals surface area contributed by atoms with Gasteiger partial charge in [0.15, 0.2) is 5.82 Å². The topological polar surface area (TPSA) is 112 Å². The number of benzene rings is 2. The molecule has 0 radical (unpaired) electrons. The number of anilines is 3. The quantitative estimate of drug-likeness (QED) is 0.260. The predicted molar refractivity (Wildman–Crippen MR) is 147 cm³/mol. The van der Waals surface area contributed by atoms with E-state index in [-0.39, 0.29) is 0 Å². The summed E-state index contributed by atoms with van der Waals surface area (Å²) in [5, 5.41) is 17.2. The number of pyridine rings is 2. The Morgan fingerprint density at radius 3 is 2.49 bits per heavy atom. The van der Waals surface area contributed by atoms with Gasteiger partial charge in [0, 0.05) is 45.5 Å². The highest BCUT2D eigenvalue weighted by molar-refractivity contribution is 7.13. The molecule has 3 N–H and O–H groups in total. The number of nitrogen functional groups attached to an aromatic ring is 1. The van der Waals surface area contributed by atoms with Gasteiger partial charge in [-0.3, -0.25) is 0 Å². The van der Waals surface area contributed by atoms with Crippen molar-refractivity contribution in [3.05, 3.63) is 96.3 Å². The van der Waals surface area contributed by atoms with Crippen LogP contribution in [0, 0.1) is 6.92 Å². The van der Waals surface area contributed by atoms with Crippen LogP contribution in [0.2, 0.25) is 0 Å². The number of nitrogens with zero attached hydrogens (tertiary/aromatic N) is 5. The van der Waals surface area contributed by atoms with Crippen LogP contribution in [0.4, 0.5) is 17.3 Å². The average molecular weight is 504 g/mol. The van der Waals surface area contributed by atoms with E-state index in [2.05, 4.69) is 30.5 Å². The zero-order valence-electron chi connectivity index (χ0n) is 19.8. The molecular weight excluding hydrogens is 482 g/mol. The van der Waals surface area contributed by atoms with Gasteiger partial charge in [0.05, 0.1) is 0 Å². The van der Waals surface area contributed by atoms with Crippen molar-refractivity contribution in [2.75, 3.05) is 11.1 Å². The summed E-state index contributed by atoms with van der Waals surface area (Å²) in [6, 6.07) is 23.1. The van der Waals surface area contributed by atoms with Crippen molar-refractivity contribution in [2.24, 2.45) is 0 Å². The highest BCUT2D eigenvalue weighted by Crippen LogP contribution is 2.34. The third kappa shape index (κ3) is 4.67. The molecule has 0 bridgehead atoms. The molecule has 0 amide bonds. The number of thiazole rings is 1. The fourth-order valence-electron chi connectivity index (χ4n) is 3.98. The van der Waals surface area contributed by atoms with Gasteiger partial charge in [0.25, 0.3) is 0 Å². The number of hydrogen-bond donors (Lipinski definition) is 2. The van der Waals surface area contributed by atoms with Crippen molar-refractivity contribution < 1.29 is 4.74 Å². The Balaban J connectivity index is 1.26. The Morgan fingerprint density at radius 2 is 1.70 bits per heavy atom. The first kappa shape index (κ1) is 22.6. The van der Waals surface area contributed by atoms with E-state index in [1.54, 1.807) is 29.8 Å². The van der Waals surface area contributed by atoms with Crippen LogP contribution < -0.4 is 15.8 Å². The lowest BCUT2D eigenvalue weighted by Gasteiger charge is -2.12. The van der Waals surface area contributed by atoms with Crippen molar-refractivity contribution in [3.8, 4) is 33.5 Å². The van der Waals surface area contributed by atoms with Gasteiger partial charge in [-0.25, -0.2) is 15.0 Å². The molecule has 0 atom stereocenters. The summed E-state index contributed by atoms with van der Waals surface area (Å²) >= 11 is 1.57. The van der Waals surface area contributed by atoms with E-state index in [1.807, 2.05) is 79.0 Å². The summed E-state index contributed by atoms with van der Waals surface area (Å²) in [6.07, 6.45) is 3.36. The van der Waals surface area contributed by atoms with E-state index < -0.39 is 0 Å². The largest absolute Gasteiger partial charge is 0.438 e. The minimum atomic E-state index is 0.438. The van der Waals surface area contributed by atoms with E-state index in [1.165, 1.54) is 0 Å². The fraction of sp³-hybridized carbons (Fsp3) is 0.0357. The van der Waals surface area contributed by atoms with E-state index in [9.17, 15) is 0 Å². The van der Waals surface area contributed by atoms with E-state index >= 15 is 0 Å². The standard InChI is InChI=1S/C28H21N7OS/c1-17-16-37-28(32-17)25-22-5-2-3-6-23(22)26(35-34-25)33-19-8-10-20(11-9-19)36-27-21(7-4-13-31-27)18-12-14-30-24(29)15-18/h2-16H,1H3,(H2,29,30)(H,33,35). The van der Waals surface area contributed by atoms with Gasteiger partial charge in [-0.2, -0.15) is 0 Å². The summed E-state index contributed by atoms with van der Waals surface area (Å²) in [7, 11) is 0. The van der Waals surface area contributed by atoms with Gasteiger partial charge in [-0.15, -0.1) is 21.5 Å². The number of rotatable bonds is 6. The zero-order valence-corrected chi connectivity index (χ0v) is 20.6. The lowest BCUT2D eigenvalue weighted by molar-refractivity contribution is 0.465. The summed E-state index contributed by atoms with van der Waals surface area (Å²) in [5.74, 6) is 2.24.